The van der Waals surface area contributed by atoms with E-state index in [0.29, 0.717) is 45.6 Å². The molecule has 2 aromatic rings. The first-order valence-electron chi connectivity index (χ1n) is 7.14. The first-order chi connectivity index (χ1) is 11.0. The summed E-state index contributed by atoms with van der Waals surface area (Å²) in [5.74, 6) is 0.394. The molecular weight excluding hydrogens is 337 g/mol. The fraction of sp³-hybridized carbons (Fsp3) is 0.235. The Morgan fingerprint density at radius 2 is 2.04 bits per heavy atom. The molecule has 3 rings (SSSR count). The van der Waals surface area contributed by atoms with Crippen molar-refractivity contribution in [1.29, 1.82) is 0 Å². The Morgan fingerprint density at radius 1 is 1.26 bits per heavy atom. The number of fused-ring (bicyclic) bond motifs is 1. The number of hydrogen-bond donors (Lipinski definition) is 1. The van der Waals surface area contributed by atoms with Crippen LogP contribution in [0, 0.1) is 0 Å². The number of rotatable bonds is 2. The predicted octanol–water partition coefficient (Wildman–Crippen LogP) is 4.09. The van der Waals surface area contributed by atoms with Gasteiger partial charge in [-0.3, -0.25) is 4.79 Å². The standard InChI is InChI=1S/C17H15Cl2NO3/c1-23-11-3-5-13-15(9-11)20(7-6-16(13)21)17(22)12-4-2-10(18)8-14(12)19/h2-5,8-9,16,21H,6-7H2,1H3. The number of methoxy groups -OCH3 is 1. The van der Waals surface area contributed by atoms with Gasteiger partial charge in [0.15, 0.2) is 0 Å². The highest BCUT2D eigenvalue weighted by molar-refractivity contribution is 6.37. The summed E-state index contributed by atoms with van der Waals surface area (Å²) >= 11 is 12.0. The highest BCUT2D eigenvalue weighted by atomic mass is 35.5. The monoisotopic (exact) mass is 351 g/mol. The highest BCUT2D eigenvalue weighted by Crippen LogP contribution is 2.37. The maximum Gasteiger partial charge on any atom is 0.259 e. The molecule has 6 heteroatoms. The van der Waals surface area contributed by atoms with Gasteiger partial charge in [0.05, 0.1) is 29.5 Å². The van der Waals surface area contributed by atoms with Crippen LogP contribution in [-0.4, -0.2) is 24.7 Å². The molecule has 0 saturated carbocycles. The molecule has 1 aliphatic heterocycles. The molecule has 0 spiro atoms. The number of ether oxygens (including phenoxy) is 1. The average Bonchev–Trinajstić information content (AvgIpc) is 2.54. The number of aliphatic hydroxyl groups excluding tert-OH is 1. The maximum absolute atomic E-state index is 12.9. The van der Waals surface area contributed by atoms with Gasteiger partial charge in [0.25, 0.3) is 5.91 Å². The summed E-state index contributed by atoms with van der Waals surface area (Å²) < 4.78 is 5.23. The average molecular weight is 352 g/mol. The minimum atomic E-state index is -0.597. The summed E-state index contributed by atoms with van der Waals surface area (Å²) in [6.45, 7) is 0.402. The molecule has 1 N–H and O–H groups in total. The lowest BCUT2D eigenvalue weighted by atomic mass is 9.97. The van der Waals surface area contributed by atoms with Gasteiger partial charge in [-0.15, -0.1) is 0 Å². The maximum atomic E-state index is 12.9. The van der Waals surface area contributed by atoms with Gasteiger partial charge in [-0.2, -0.15) is 0 Å². The number of nitrogens with zero attached hydrogens (tertiary/aromatic N) is 1. The van der Waals surface area contributed by atoms with E-state index in [1.54, 1.807) is 48.4 Å². The van der Waals surface area contributed by atoms with Crippen molar-refractivity contribution in [2.75, 3.05) is 18.6 Å². The smallest absolute Gasteiger partial charge is 0.259 e. The third kappa shape index (κ3) is 3.02. The summed E-state index contributed by atoms with van der Waals surface area (Å²) in [6.07, 6.45) is -0.128. The van der Waals surface area contributed by atoms with Gasteiger partial charge >= 0.3 is 0 Å². The highest BCUT2D eigenvalue weighted by Gasteiger charge is 2.29. The fourth-order valence-corrected chi connectivity index (χ4v) is 3.20. The number of anilines is 1. The Kier molecular flexibility index (Phi) is 4.48. The van der Waals surface area contributed by atoms with Crippen LogP contribution in [0.4, 0.5) is 5.69 Å². The molecular formula is C17H15Cl2NO3. The molecule has 1 amide bonds. The van der Waals surface area contributed by atoms with E-state index in [2.05, 4.69) is 0 Å². The molecule has 23 heavy (non-hydrogen) atoms. The third-order valence-corrected chi connectivity index (χ3v) is 4.47. The SMILES string of the molecule is COc1ccc2c(c1)N(C(=O)c1ccc(Cl)cc1Cl)CCC2O. The van der Waals surface area contributed by atoms with Crippen LogP contribution in [0.1, 0.15) is 28.4 Å². The first kappa shape index (κ1) is 16.1. The number of aliphatic hydroxyl groups is 1. The topological polar surface area (TPSA) is 49.8 Å². The molecule has 0 fully saturated rings. The first-order valence-corrected chi connectivity index (χ1v) is 7.90. The fourth-order valence-electron chi connectivity index (χ4n) is 2.71. The van der Waals surface area contributed by atoms with Crippen LogP contribution in [0.3, 0.4) is 0 Å². The van der Waals surface area contributed by atoms with Gasteiger partial charge < -0.3 is 14.7 Å². The zero-order valence-corrected chi connectivity index (χ0v) is 13.9. The van der Waals surface area contributed by atoms with Gasteiger partial charge in [-0.05, 0) is 30.7 Å². The lowest BCUT2D eigenvalue weighted by Crippen LogP contribution is -2.36. The Hall–Kier alpha value is -1.75. The molecule has 2 aromatic carbocycles. The molecule has 0 bridgehead atoms. The second-order valence-electron chi connectivity index (χ2n) is 5.31. The number of halogens is 2. The van der Waals surface area contributed by atoms with Crippen LogP contribution in [0.15, 0.2) is 36.4 Å². The van der Waals surface area contributed by atoms with Crippen LogP contribution >= 0.6 is 23.2 Å². The normalized spacial score (nSPS) is 16.9. The van der Waals surface area contributed by atoms with Crippen molar-refractivity contribution in [3.05, 3.63) is 57.6 Å². The molecule has 0 radical (unpaired) electrons. The molecule has 1 aliphatic rings. The lowest BCUT2D eigenvalue weighted by Gasteiger charge is -2.32. The van der Waals surface area contributed by atoms with E-state index in [4.69, 9.17) is 27.9 Å². The van der Waals surface area contributed by atoms with Crippen LogP contribution in [-0.2, 0) is 0 Å². The predicted molar refractivity (Wildman–Crippen MR) is 90.7 cm³/mol. The summed E-state index contributed by atoms with van der Waals surface area (Å²) in [7, 11) is 1.56. The Labute approximate surface area is 144 Å². The quantitative estimate of drug-likeness (QED) is 0.886. The van der Waals surface area contributed by atoms with Crippen LogP contribution < -0.4 is 9.64 Å². The molecule has 1 heterocycles. The van der Waals surface area contributed by atoms with Crippen LogP contribution in [0.25, 0.3) is 0 Å². The summed E-state index contributed by atoms with van der Waals surface area (Å²) in [5.41, 5.74) is 1.72. The van der Waals surface area contributed by atoms with E-state index < -0.39 is 6.10 Å². The molecule has 0 aliphatic carbocycles. The van der Waals surface area contributed by atoms with Gasteiger partial charge in [0.1, 0.15) is 5.75 Å². The Balaban J connectivity index is 2.04. The van der Waals surface area contributed by atoms with Crippen molar-refractivity contribution in [2.45, 2.75) is 12.5 Å². The molecule has 1 atom stereocenters. The summed E-state index contributed by atoms with van der Waals surface area (Å²) in [5, 5.41) is 10.9. The van der Waals surface area contributed by atoms with Gasteiger partial charge in [0.2, 0.25) is 0 Å². The molecule has 0 aromatic heterocycles. The largest absolute Gasteiger partial charge is 0.497 e. The van der Waals surface area contributed by atoms with Crippen LogP contribution in [0.5, 0.6) is 5.75 Å². The molecule has 0 saturated heterocycles. The molecule has 1 unspecified atom stereocenters. The van der Waals surface area contributed by atoms with Crippen molar-refractivity contribution >= 4 is 34.8 Å². The number of benzene rings is 2. The number of carbonyl (C=O) groups is 1. The van der Waals surface area contributed by atoms with Crippen LogP contribution in [0.2, 0.25) is 10.0 Å². The minimum Gasteiger partial charge on any atom is -0.497 e. The number of hydrogen-bond acceptors (Lipinski definition) is 3. The van der Waals surface area contributed by atoms with Crippen molar-refractivity contribution in [2.24, 2.45) is 0 Å². The van der Waals surface area contributed by atoms with Gasteiger partial charge in [0, 0.05) is 23.2 Å². The van der Waals surface area contributed by atoms with E-state index in [0.717, 1.165) is 0 Å². The Morgan fingerprint density at radius 3 is 2.74 bits per heavy atom. The van der Waals surface area contributed by atoms with E-state index in [1.165, 1.54) is 0 Å². The van der Waals surface area contributed by atoms with Gasteiger partial charge in [-0.25, -0.2) is 0 Å². The van der Waals surface area contributed by atoms with Crippen molar-refractivity contribution in [3.63, 3.8) is 0 Å². The van der Waals surface area contributed by atoms with E-state index >= 15 is 0 Å². The van der Waals surface area contributed by atoms with Crippen molar-refractivity contribution in [3.8, 4) is 5.75 Å². The molecule has 4 nitrogen and oxygen atoms in total. The van der Waals surface area contributed by atoms with Gasteiger partial charge in [-0.1, -0.05) is 29.3 Å². The zero-order chi connectivity index (χ0) is 16.6. The zero-order valence-electron chi connectivity index (χ0n) is 12.4. The van der Waals surface area contributed by atoms with Crippen molar-refractivity contribution in [1.82, 2.24) is 0 Å². The summed E-state index contributed by atoms with van der Waals surface area (Å²) in [4.78, 5) is 14.5. The summed E-state index contributed by atoms with van der Waals surface area (Å²) in [6, 6.07) is 10.1. The van der Waals surface area contributed by atoms with Crippen molar-refractivity contribution < 1.29 is 14.6 Å². The molecule has 120 valence electrons. The minimum absolute atomic E-state index is 0.229. The van der Waals surface area contributed by atoms with E-state index in [1.807, 2.05) is 0 Å². The van der Waals surface area contributed by atoms with E-state index in [-0.39, 0.29) is 5.91 Å². The third-order valence-electron chi connectivity index (χ3n) is 3.92. The number of amides is 1. The number of carbonyl (C=O) groups excluding carboxylic acids is 1. The van der Waals surface area contributed by atoms with E-state index in [9.17, 15) is 9.90 Å². The Bertz CT molecular complexity index is 763. The second-order valence-corrected chi connectivity index (χ2v) is 6.15. The lowest BCUT2D eigenvalue weighted by molar-refractivity contribution is 0.0970. The second kappa shape index (κ2) is 6.40.